The van der Waals surface area contributed by atoms with E-state index in [0.717, 1.165) is 0 Å². The molecule has 1 aromatic rings. The Kier molecular flexibility index (Phi) is 19.2. The van der Waals surface area contributed by atoms with Crippen LogP contribution >= 0.6 is 0 Å². The van der Waals surface area contributed by atoms with Gasteiger partial charge in [-0.3, -0.25) is 0 Å². The highest BCUT2D eigenvalue weighted by molar-refractivity contribution is 4.84. The first-order chi connectivity index (χ1) is 15.3. The SMILES string of the molecule is CCCCCCCCCCCCn1cc[n+](CCCC)c1CCCCCCCCCC. The number of aromatic nitrogens is 2. The Morgan fingerprint density at radius 2 is 1.00 bits per heavy atom. The number of hydrogen-bond acceptors (Lipinski definition) is 0. The van der Waals surface area contributed by atoms with Gasteiger partial charge in [-0.15, -0.1) is 0 Å². The molecule has 0 unspecified atom stereocenters. The number of rotatable bonds is 23. The Balaban J connectivity index is 2.25. The van der Waals surface area contributed by atoms with Gasteiger partial charge in [0.2, 0.25) is 0 Å². The first-order valence-electron chi connectivity index (χ1n) is 14.4. The van der Waals surface area contributed by atoms with Gasteiger partial charge in [-0.2, -0.15) is 0 Å². The summed E-state index contributed by atoms with van der Waals surface area (Å²) < 4.78 is 5.14. The van der Waals surface area contributed by atoms with Gasteiger partial charge in [-0.05, 0) is 25.7 Å². The molecule has 2 nitrogen and oxygen atoms in total. The van der Waals surface area contributed by atoms with Gasteiger partial charge in [0.05, 0.1) is 13.1 Å². The molecule has 31 heavy (non-hydrogen) atoms. The third kappa shape index (κ3) is 14.8. The van der Waals surface area contributed by atoms with Crippen molar-refractivity contribution in [1.29, 1.82) is 0 Å². The lowest BCUT2D eigenvalue weighted by Gasteiger charge is -2.06. The Labute approximate surface area is 196 Å². The average Bonchev–Trinajstić information content (AvgIpc) is 3.16. The molecule has 0 bridgehead atoms. The zero-order valence-electron chi connectivity index (χ0n) is 21.8. The normalized spacial score (nSPS) is 11.5. The van der Waals surface area contributed by atoms with Crippen molar-refractivity contribution < 1.29 is 4.57 Å². The molecule has 0 fully saturated rings. The summed E-state index contributed by atoms with van der Waals surface area (Å²) in [5, 5.41) is 0. The maximum atomic E-state index is 2.58. The van der Waals surface area contributed by atoms with Crippen LogP contribution in [0.4, 0.5) is 0 Å². The number of imidazole rings is 1. The van der Waals surface area contributed by atoms with Gasteiger partial charge in [0.15, 0.2) is 0 Å². The maximum absolute atomic E-state index is 2.58. The number of unbranched alkanes of at least 4 members (excludes halogenated alkanes) is 17. The number of nitrogens with zero attached hydrogens (tertiary/aromatic N) is 2. The fourth-order valence-electron chi connectivity index (χ4n) is 4.71. The van der Waals surface area contributed by atoms with Crippen LogP contribution in [0.2, 0.25) is 0 Å². The molecule has 1 rings (SSSR count). The first-order valence-corrected chi connectivity index (χ1v) is 14.4. The number of hydrogen-bond donors (Lipinski definition) is 0. The van der Waals surface area contributed by atoms with E-state index in [-0.39, 0.29) is 0 Å². The Bertz CT molecular complexity index is 491. The predicted molar refractivity (Wildman–Crippen MR) is 138 cm³/mol. The molecule has 182 valence electrons. The van der Waals surface area contributed by atoms with Crippen molar-refractivity contribution >= 4 is 0 Å². The molecule has 0 amide bonds. The van der Waals surface area contributed by atoms with Crippen molar-refractivity contribution in [3.05, 3.63) is 18.2 Å². The van der Waals surface area contributed by atoms with Crippen molar-refractivity contribution in [2.24, 2.45) is 0 Å². The minimum atomic E-state index is 1.20. The van der Waals surface area contributed by atoms with E-state index in [4.69, 9.17) is 0 Å². The van der Waals surface area contributed by atoms with Crippen LogP contribution in [0.15, 0.2) is 12.4 Å². The highest BCUT2D eigenvalue weighted by atomic mass is 15.1. The van der Waals surface area contributed by atoms with Crippen LogP contribution in [0.3, 0.4) is 0 Å². The molecular weight excluding hydrogens is 376 g/mol. The standard InChI is InChI=1S/C29H57N2/c1-4-7-10-12-14-16-17-19-21-23-26-31-28-27-30(25-9-6-3)29(31)24-22-20-18-15-13-11-8-5-2/h27-28H,4-26H2,1-3H3/q+1. The second-order valence-corrected chi connectivity index (χ2v) is 9.86. The molecule has 1 heterocycles. The molecule has 0 atom stereocenters. The van der Waals surface area contributed by atoms with E-state index >= 15 is 0 Å². The van der Waals surface area contributed by atoms with Crippen LogP contribution < -0.4 is 4.57 Å². The minimum Gasteiger partial charge on any atom is -0.234 e. The maximum Gasteiger partial charge on any atom is 0.256 e. The molecule has 0 aliphatic rings. The lowest BCUT2D eigenvalue weighted by atomic mass is 10.1. The van der Waals surface area contributed by atoms with Crippen LogP contribution in [0.1, 0.15) is 155 Å². The second kappa shape index (κ2) is 21.1. The smallest absolute Gasteiger partial charge is 0.234 e. The molecule has 0 N–H and O–H groups in total. The summed E-state index contributed by atoms with van der Waals surface area (Å²) in [5.74, 6) is 1.59. The molecule has 0 radical (unpaired) electrons. The van der Waals surface area contributed by atoms with E-state index in [1.54, 1.807) is 5.82 Å². The van der Waals surface area contributed by atoms with Gasteiger partial charge >= 0.3 is 0 Å². The highest BCUT2D eigenvalue weighted by Crippen LogP contribution is 2.13. The molecular formula is C29H57N2+. The summed E-state index contributed by atoms with van der Waals surface area (Å²) in [6.45, 7) is 9.34. The van der Waals surface area contributed by atoms with E-state index in [2.05, 4.69) is 42.3 Å². The monoisotopic (exact) mass is 433 g/mol. The van der Waals surface area contributed by atoms with E-state index in [9.17, 15) is 0 Å². The average molecular weight is 434 g/mol. The summed E-state index contributed by atoms with van der Waals surface area (Å²) in [6, 6.07) is 0. The lowest BCUT2D eigenvalue weighted by Crippen LogP contribution is -2.37. The van der Waals surface area contributed by atoms with Crippen molar-refractivity contribution in [3.63, 3.8) is 0 Å². The quantitative estimate of drug-likeness (QED) is 0.120. The predicted octanol–water partition coefficient (Wildman–Crippen LogP) is 9.18. The third-order valence-corrected chi connectivity index (χ3v) is 6.85. The van der Waals surface area contributed by atoms with Gasteiger partial charge in [-0.25, -0.2) is 9.13 Å². The van der Waals surface area contributed by atoms with Gasteiger partial charge in [-0.1, -0.05) is 124 Å². The molecule has 0 spiro atoms. The summed E-state index contributed by atoms with van der Waals surface area (Å²) in [5.41, 5.74) is 0. The first kappa shape index (κ1) is 28.2. The molecule has 0 aromatic carbocycles. The number of aryl methyl sites for hydroxylation is 2. The summed E-state index contributed by atoms with van der Waals surface area (Å²) in [4.78, 5) is 0. The van der Waals surface area contributed by atoms with Crippen LogP contribution in [0, 0.1) is 0 Å². The van der Waals surface area contributed by atoms with Crippen molar-refractivity contribution in [2.75, 3.05) is 0 Å². The van der Waals surface area contributed by atoms with Crippen LogP contribution in [0.5, 0.6) is 0 Å². The fourth-order valence-corrected chi connectivity index (χ4v) is 4.71. The Morgan fingerprint density at radius 1 is 0.548 bits per heavy atom. The summed E-state index contributed by atoms with van der Waals surface area (Å²) >= 11 is 0. The van der Waals surface area contributed by atoms with E-state index in [1.807, 2.05) is 0 Å². The second-order valence-electron chi connectivity index (χ2n) is 9.86. The molecule has 0 saturated heterocycles. The van der Waals surface area contributed by atoms with E-state index in [0.29, 0.717) is 0 Å². The largest absolute Gasteiger partial charge is 0.256 e. The van der Waals surface area contributed by atoms with Crippen LogP contribution in [0.25, 0.3) is 0 Å². The topological polar surface area (TPSA) is 8.81 Å². The molecule has 0 aliphatic heterocycles. The van der Waals surface area contributed by atoms with Crippen molar-refractivity contribution in [2.45, 2.75) is 169 Å². The van der Waals surface area contributed by atoms with Gasteiger partial charge in [0, 0.05) is 6.42 Å². The molecule has 2 heteroatoms. The van der Waals surface area contributed by atoms with Gasteiger partial charge in [0.1, 0.15) is 12.4 Å². The Hall–Kier alpha value is -0.790. The third-order valence-electron chi connectivity index (χ3n) is 6.85. The summed E-state index contributed by atoms with van der Waals surface area (Å²) in [6.07, 6.45) is 34.1. The molecule has 1 aromatic heterocycles. The van der Waals surface area contributed by atoms with Gasteiger partial charge < -0.3 is 0 Å². The Morgan fingerprint density at radius 3 is 1.52 bits per heavy atom. The molecule has 0 aliphatic carbocycles. The zero-order chi connectivity index (χ0) is 22.4. The highest BCUT2D eigenvalue weighted by Gasteiger charge is 2.16. The van der Waals surface area contributed by atoms with E-state index < -0.39 is 0 Å². The van der Waals surface area contributed by atoms with Crippen molar-refractivity contribution in [1.82, 2.24) is 4.57 Å². The molecule has 0 saturated carbocycles. The van der Waals surface area contributed by atoms with E-state index in [1.165, 1.54) is 148 Å². The lowest BCUT2D eigenvalue weighted by molar-refractivity contribution is -0.704. The minimum absolute atomic E-state index is 1.20. The van der Waals surface area contributed by atoms with Crippen molar-refractivity contribution in [3.8, 4) is 0 Å². The zero-order valence-corrected chi connectivity index (χ0v) is 21.8. The fraction of sp³-hybridized carbons (Fsp3) is 0.897. The van der Waals surface area contributed by atoms with Gasteiger partial charge in [0.25, 0.3) is 5.82 Å². The summed E-state index contributed by atoms with van der Waals surface area (Å²) in [7, 11) is 0. The van der Waals surface area contributed by atoms with Crippen LogP contribution in [-0.2, 0) is 19.5 Å². The van der Waals surface area contributed by atoms with Crippen LogP contribution in [-0.4, -0.2) is 4.57 Å².